The normalized spacial score (nSPS) is 23.0. The summed E-state index contributed by atoms with van der Waals surface area (Å²) in [5.41, 5.74) is 5.59. The Morgan fingerprint density at radius 1 is 1.20 bits per heavy atom. The minimum Gasteiger partial charge on any atom is -0.450 e. The van der Waals surface area contributed by atoms with Crippen LogP contribution in [-0.2, 0) is 23.4 Å². The van der Waals surface area contributed by atoms with Gasteiger partial charge >= 0.3 is 17.7 Å². The zero-order valence-electron chi connectivity index (χ0n) is 24.5. The number of benzene rings is 1. The summed E-state index contributed by atoms with van der Waals surface area (Å²) in [6.07, 6.45) is -1.74. The Morgan fingerprint density at radius 3 is 2.49 bits per heavy atom. The van der Waals surface area contributed by atoms with Crippen LogP contribution in [0.1, 0.15) is 56.8 Å². The highest BCUT2D eigenvalue weighted by molar-refractivity contribution is 6.74. The molecule has 2 N–H and O–H groups in total. The lowest BCUT2D eigenvalue weighted by molar-refractivity contribution is -0.165. The van der Waals surface area contributed by atoms with Crippen molar-refractivity contribution >= 4 is 31.6 Å². The lowest BCUT2D eigenvalue weighted by atomic mass is 10.0. The van der Waals surface area contributed by atoms with Gasteiger partial charge in [0, 0.05) is 0 Å². The van der Waals surface area contributed by atoms with Crippen LogP contribution in [0.15, 0.2) is 48.8 Å². The van der Waals surface area contributed by atoms with E-state index in [0.717, 1.165) is 0 Å². The summed E-state index contributed by atoms with van der Waals surface area (Å²) in [6.45, 7) is 21.6. The SMILES string of the molecule is [C-]#[N+][C@]1(COC(=O)c2ccccc2)O[C@@H](c2ccc3c(N)ncnn23)C(O[Si](C)(C)C(C)(C)C)[C@@H]1OC(=O)C(C)C. The van der Waals surface area contributed by atoms with Crippen LogP contribution in [-0.4, -0.2) is 59.4 Å². The minimum absolute atomic E-state index is 0.221. The van der Waals surface area contributed by atoms with E-state index in [0.29, 0.717) is 16.8 Å². The molecule has 1 aromatic carbocycles. The summed E-state index contributed by atoms with van der Waals surface area (Å²) in [4.78, 5) is 33.8. The number of esters is 2. The molecule has 2 aromatic heterocycles. The number of ether oxygens (including phenoxy) is 3. The Balaban J connectivity index is 1.83. The molecule has 218 valence electrons. The van der Waals surface area contributed by atoms with Gasteiger partial charge in [-0.05, 0) is 42.4 Å². The fourth-order valence-corrected chi connectivity index (χ4v) is 5.59. The summed E-state index contributed by atoms with van der Waals surface area (Å²) in [7, 11) is -2.54. The molecule has 12 heteroatoms. The van der Waals surface area contributed by atoms with E-state index in [1.165, 1.54) is 6.33 Å². The number of carbonyl (C=O) groups excluding carboxylic acids is 2. The zero-order chi connectivity index (χ0) is 30.2. The van der Waals surface area contributed by atoms with Crippen LogP contribution >= 0.6 is 0 Å². The number of hydrogen-bond acceptors (Lipinski definition) is 9. The Kier molecular flexibility index (Phi) is 8.27. The van der Waals surface area contributed by atoms with Crippen molar-refractivity contribution in [2.75, 3.05) is 12.3 Å². The fourth-order valence-electron chi connectivity index (χ4n) is 4.31. The Labute approximate surface area is 240 Å². The number of rotatable bonds is 8. The van der Waals surface area contributed by atoms with E-state index in [1.807, 2.05) is 0 Å². The third kappa shape index (κ3) is 5.84. The van der Waals surface area contributed by atoms with Crippen molar-refractivity contribution in [3.05, 3.63) is 71.5 Å². The molecule has 4 rings (SSSR count). The highest BCUT2D eigenvalue weighted by Crippen LogP contribution is 2.48. The van der Waals surface area contributed by atoms with E-state index in [9.17, 15) is 9.59 Å². The number of aromatic nitrogens is 3. The molecule has 1 aliphatic heterocycles. The second kappa shape index (κ2) is 11.2. The number of nitrogens with zero attached hydrogens (tertiary/aromatic N) is 4. The Morgan fingerprint density at radius 2 is 1.88 bits per heavy atom. The maximum absolute atomic E-state index is 13.0. The second-order valence-corrected chi connectivity index (χ2v) is 16.7. The minimum atomic E-state index is -2.54. The van der Waals surface area contributed by atoms with Gasteiger partial charge in [-0.15, -0.1) is 0 Å². The van der Waals surface area contributed by atoms with Crippen LogP contribution in [0.4, 0.5) is 5.82 Å². The second-order valence-electron chi connectivity index (χ2n) is 12.0. The first-order valence-electron chi connectivity index (χ1n) is 13.5. The van der Waals surface area contributed by atoms with Crippen LogP contribution in [0.25, 0.3) is 10.4 Å². The topological polar surface area (TPSA) is 132 Å². The first-order chi connectivity index (χ1) is 19.2. The molecule has 0 aliphatic carbocycles. The predicted molar refractivity (Wildman–Crippen MR) is 154 cm³/mol. The third-order valence-corrected chi connectivity index (χ3v) is 12.2. The summed E-state index contributed by atoms with van der Waals surface area (Å²) >= 11 is 0. The molecule has 11 nitrogen and oxygen atoms in total. The van der Waals surface area contributed by atoms with Crippen molar-refractivity contribution < 1.29 is 28.2 Å². The van der Waals surface area contributed by atoms with E-state index in [1.54, 1.807) is 60.8 Å². The average molecular weight is 580 g/mol. The molecule has 1 fully saturated rings. The molecule has 0 amide bonds. The van der Waals surface area contributed by atoms with Gasteiger partial charge < -0.3 is 19.6 Å². The van der Waals surface area contributed by atoms with Crippen LogP contribution in [0.5, 0.6) is 0 Å². The molecule has 0 spiro atoms. The molecular formula is C29H37N5O6Si. The van der Waals surface area contributed by atoms with Gasteiger partial charge in [-0.25, -0.2) is 20.9 Å². The lowest BCUT2D eigenvalue weighted by Crippen LogP contribution is -2.53. The van der Waals surface area contributed by atoms with E-state index in [2.05, 4.69) is 48.8 Å². The van der Waals surface area contributed by atoms with E-state index in [-0.39, 0.29) is 10.9 Å². The Hall–Kier alpha value is -3.79. The third-order valence-electron chi connectivity index (χ3n) is 7.74. The smallest absolute Gasteiger partial charge is 0.411 e. The van der Waals surface area contributed by atoms with E-state index < -0.39 is 56.8 Å². The van der Waals surface area contributed by atoms with Gasteiger partial charge in [0.05, 0.1) is 17.2 Å². The van der Waals surface area contributed by atoms with Crippen LogP contribution in [0, 0.1) is 12.5 Å². The fraction of sp³-hybridized carbons (Fsp3) is 0.483. The quantitative estimate of drug-likeness (QED) is 0.227. The number of hydrogen-bond donors (Lipinski definition) is 1. The molecular weight excluding hydrogens is 542 g/mol. The maximum Gasteiger partial charge on any atom is 0.411 e. The highest BCUT2D eigenvalue weighted by Gasteiger charge is 2.67. The predicted octanol–water partition coefficient (Wildman–Crippen LogP) is 4.81. The first-order valence-corrected chi connectivity index (χ1v) is 16.4. The van der Waals surface area contributed by atoms with Gasteiger partial charge in [-0.3, -0.25) is 14.4 Å². The van der Waals surface area contributed by atoms with Gasteiger partial charge in [0.25, 0.3) is 0 Å². The largest absolute Gasteiger partial charge is 0.450 e. The molecule has 3 heterocycles. The van der Waals surface area contributed by atoms with Crippen LogP contribution < -0.4 is 5.73 Å². The number of carbonyl (C=O) groups is 2. The van der Waals surface area contributed by atoms with Crippen molar-refractivity contribution in [1.29, 1.82) is 0 Å². The first kappa shape index (κ1) is 30.2. The number of fused-ring (bicyclic) bond motifs is 1. The van der Waals surface area contributed by atoms with Gasteiger partial charge in [0.15, 0.2) is 14.1 Å². The van der Waals surface area contributed by atoms with Crippen LogP contribution in [0.3, 0.4) is 0 Å². The molecule has 0 saturated carbocycles. The van der Waals surface area contributed by atoms with Crippen molar-refractivity contribution in [1.82, 2.24) is 14.6 Å². The number of nitrogens with two attached hydrogens (primary N) is 1. The highest BCUT2D eigenvalue weighted by atomic mass is 28.4. The maximum atomic E-state index is 13.0. The average Bonchev–Trinajstić information content (AvgIpc) is 3.47. The molecule has 0 bridgehead atoms. The summed E-state index contributed by atoms with van der Waals surface area (Å²) in [6, 6.07) is 12.0. The van der Waals surface area contributed by atoms with Crippen molar-refractivity contribution in [3.63, 3.8) is 0 Å². The molecule has 0 radical (unpaired) electrons. The van der Waals surface area contributed by atoms with Gasteiger partial charge in [-0.1, -0.05) is 52.8 Å². The van der Waals surface area contributed by atoms with E-state index in [4.69, 9.17) is 30.9 Å². The van der Waals surface area contributed by atoms with E-state index >= 15 is 0 Å². The van der Waals surface area contributed by atoms with Crippen molar-refractivity contribution in [3.8, 4) is 0 Å². The van der Waals surface area contributed by atoms with Crippen molar-refractivity contribution in [2.45, 2.75) is 76.8 Å². The number of anilines is 1. The van der Waals surface area contributed by atoms with Crippen LogP contribution in [0.2, 0.25) is 18.1 Å². The number of nitrogen functional groups attached to an aromatic ring is 1. The van der Waals surface area contributed by atoms with Gasteiger partial charge in [-0.2, -0.15) is 5.10 Å². The summed E-state index contributed by atoms with van der Waals surface area (Å²) < 4.78 is 26.6. The molecule has 4 atom stereocenters. The summed E-state index contributed by atoms with van der Waals surface area (Å²) in [5, 5.41) is 4.14. The molecule has 3 aromatic rings. The molecule has 1 unspecified atom stereocenters. The van der Waals surface area contributed by atoms with Crippen molar-refractivity contribution in [2.24, 2.45) is 5.92 Å². The monoisotopic (exact) mass is 579 g/mol. The molecule has 1 aliphatic rings. The molecule has 41 heavy (non-hydrogen) atoms. The zero-order valence-corrected chi connectivity index (χ0v) is 25.5. The standard InChI is InChI=1S/C29H37N5O6Si/c1-18(2)26(35)38-24-23(40-41(7,8)28(3,4)5)22(20-14-15-21-25(30)32-17-33-34(20)21)39-29(24,31-6)16-37-27(36)19-12-10-9-11-13-19/h9-15,17-18,22-24H,16H2,1-5,7-8H3,(H2,30,32,33)/t22-,23?,24-,29+/m0/s1. The molecule has 1 saturated heterocycles. The van der Waals surface area contributed by atoms with Gasteiger partial charge in [0.2, 0.25) is 12.7 Å². The lowest BCUT2D eigenvalue weighted by Gasteiger charge is -2.40. The summed E-state index contributed by atoms with van der Waals surface area (Å²) in [5.74, 6) is -1.39. The Bertz CT molecular complexity index is 1460. The van der Waals surface area contributed by atoms with Gasteiger partial charge in [0.1, 0.15) is 24.1 Å².